The van der Waals surface area contributed by atoms with Crippen LogP contribution >= 0.6 is 34.3 Å². The van der Waals surface area contributed by atoms with Crippen molar-refractivity contribution < 1.29 is 19.0 Å². The third kappa shape index (κ3) is 3.91. The van der Waals surface area contributed by atoms with E-state index in [1.807, 2.05) is 22.2 Å². The van der Waals surface area contributed by atoms with E-state index < -0.39 is 0 Å². The second-order valence-electron chi connectivity index (χ2n) is 5.66. The average molecular weight is 408 g/mol. The van der Waals surface area contributed by atoms with E-state index in [9.17, 15) is 4.79 Å². The molecule has 3 aromatic rings. The number of ether oxygens (including phenoxy) is 3. The summed E-state index contributed by atoms with van der Waals surface area (Å²) in [6.45, 7) is 0.712. The Hall–Kier alpha value is -1.93. The number of carbonyl (C=O) groups excluding carboxylic acids is 1. The summed E-state index contributed by atoms with van der Waals surface area (Å²) in [4.78, 5) is 16.7. The second-order valence-corrected chi connectivity index (χ2v) is 7.73. The van der Waals surface area contributed by atoms with Crippen molar-refractivity contribution in [3.05, 3.63) is 56.2 Å². The van der Waals surface area contributed by atoms with Crippen molar-refractivity contribution in [3.8, 4) is 16.3 Å². The van der Waals surface area contributed by atoms with Gasteiger partial charge in [-0.1, -0.05) is 11.6 Å². The number of aromatic nitrogens is 1. The van der Waals surface area contributed by atoms with Gasteiger partial charge < -0.3 is 14.2 Å². The Morgan fingerprint density at radius 2 is 2.27 bits per heavy atom. The van der Waals surface area contributed by atoms with Crippen molar-refractivity contribution >= 4 is 40.2 Å². The van der Waals surface area contributed by atoms with Crippen LogP contribution in [0, 0.1) is 0 Å². The lowest BCUT2D eigenvalue weighted by molar-refractivity contribution is -0.144. The van der Waals surface area contributed by atoms with Gasteiger partial charge in [-0.25, -0.2) is 4.98 Å². The molecule has 26 heavy (non-hydrogen) atoms. The predicted octanol–water partition coefficient (Wildman–Crippen LogP) is 4.68. The third-order valence-corrected chi connectivity index (χ3v) is 5.63. The molecule has 8 heteroatoms. The lowest BCUT2D eigenvalue weighted by Crippen LogP contribution is -2.15. The molecular weight excluding hydrogens is 394 g/mol. The number of thiophene rings is 1. The summed E-state index contributed by atoms with van der Waals surface area (Å²) in [5.74, 6) is 0.342. The van der Waals surface area contributed by atoms with Crippen LogP contribution < -0.4 is 4.74 Å². The molecule has 0 saturated heterocycles. The number of hydrogen-bond acceptors (Lipinski definition) is 7. The number of benzene rings is 1. The van der Waals surface area contributed by atoms with Crippen molar-refractivity contribution in [2.24, 2.45) is 0 Å². The molecule has 1 aliphatic rings. The van der Waals surface area contributed by atoms with Gasteiger partial charge in [-0.2, -0.15) is 11.3 Å². The standard InChI is InChI=1S/C18H14ClNO4S2/c19-14-3-12-6-22-10-24-17(12)13(4-14)7-23-16(21)5-15-9-26-18(20-15)11-1-2-25-8-11/h1-4,8-9H,5-7,10H2. The highest BCUT2D eigenvalue weighted by Crippen LogP contribution is 2.32. The Morgan fingerprint density at radius 1 is 1.35 bits per heavy atom. The van der Waals surface area contributed by atoms with Crippen molar-refractivity contribution in [2.45, 2.75) is 19.6 Å². The molecule has 134 valence electrons. The first kappa shape index (κ1) is 17.5. The van der Waals surface area contributed by atoms with Gasteiger partial charge in [0.2, 0.25) is 0 Å². The van der Waals surface area contributed by atoms with Gasteiger partial charge in [0, 0.05) is 32.5 Å². The van der Waals surface area contributed by atoms with Gasteiger partial charge in [-0.3, -0.25) is 4.79 Å². The molecule has 0 atom stereocenters. The zero-order chi connectivity index (χ0) is 17.9. The van der Waals surface area contributed by atoms with E-state index in [2.05, 4.69) is 4.98 Å². The molecule has 4 rings (SSSR count). The molecule has 5 nitrogen and oxygen atoms in total. The van der Waals surface area contributed by atoms with Gasteiger partial charge in [-0.15, -0.1) is 11.3 Å². The third-order valence-electron chi connectivity index (χ3n) is 3.79. The van der Waals surface area contributed by atoms with Gasteiger partial charge in [-0.05, 0) is 23.6 Å². The fourth-order valence-electron chi connectivity index (χ4n) is 2.63. The van der Waals surface area contributed by atoms with Gasteiger partial charge in [0.1, 0.15) is 17.4 Å². The SMILES string of the molecule is O=C(Cc1csc(-c2ccsc2)n1)OCc1cc(Cl)cc2c1OCOC2. The quantitative estimate of drug-likeness (QED) is 0.575. The van der Waals surface area contributed by atoms with E-state index in [0.29, 0.717) is 23.1 Å². The minimum absolute atomic E-state index is 0.100. The summed E-state index contributed by atoms with van der Waals surface area (Å²) in [6, 6.07) is 5.55. The zero-order valence-corrected chi connectivity index (χ0v) is 16.0. The molecular formula is C18H14ClNO4S2. The Balaban J connectivity index is 1.40. The van der Waals surface area contributed by atoms with Crippen LogP contribution in [0.5, 0.6) is 5.75 Å². The molecule has 0 fully saturated rings. The highest BCUT2D eigenvalue weighted by molar-refractivity contribution is 7.14. The number of rotatable bonds is 5. The Morgan fingerprint density at radius 3 is 3.12 bits per heavy atom. The molecule has 0 spiro atoms. The Kier molecular flexibility index (Phi) is 5.21. The summed E-state index contributed by atoms with van der Waals surface area (Å²) in [7, 11) is 0. The summed E-state index contributed by atoms with van der Waals surface area (Å²) in [5, 5.41) is 7.39. The minimum Gasteiger partial charge on any atom is -0.467 e. The van der Waals surface area contributed by atoms with E-state index in [1.54, 1.807) is 23.5 Å². The first-order valence-electron chi connectivity index (χ1n) is 7.83. The number of halogens is 1. The molecule has 3 heterocycles. The van der Waals surface area contributed by atoms with Crippen molar-refractivity contribution in [1.82, 2.24) is 4.98 Å². The number of hydrogen-bond donors (Lipinski definition) is 0. The molecule has 1 aromatic carbocycles. The van der Waals surface area contributed by atoms with Crippen LogP contribution in [-0.4, -0.2) is 17.7 Å². The van der Waals surface area contributed by atoms with Gasteiger partial charge in [0.25, 0.3) is 0 Å². The minimum atomic E-state index is -0.340. The first-order valence-corrected chi connectivity index (χ1v) is 10.0. The van der Waals surface area contributed by atoms with E-state index in [4.69, 9.17) is 25.8 Å². The highest BCUT2D eigenvalue weighted by Gasteiger charge is 2.18. The Labute approximate surface area is 163 Å². The first-order chi connectivity index (χ1) is 12.7. The molecule has 0 amide bonds. The molecule has 0 bridgehead atoms. The lowest BCUT2D eigenvalue weighted by Gasteiger charge is -2.21. The van der Waals surface area contributed by atoms with Crippen molar-refractivity contribution in [1.29, 1.82) is 0 Å². The number of thiazole rings is 1. The fraction of sp³-hybridized carbons (Fsp3) is 0.222. The number of carbonyl (C=O) groups is 1. The summed E-state index contributed by atoms with van der Waals surface area (Å²) >= 11 is 9.26. The molecule has 1 aliphatic heterocycles. The summed E-state index contributed by atoms with van der Waals surface area (Å²) < 4.78 is 16.2. The normalized spacial score (nSPS) is 13.1. The predicted molar refractivity (Wildman–Crippen MR) is 101 cm³/mol. The molecule has 0 unspecified atom stereocenters. The monoisotopic (exact) mass is 407 g/mol. The largest absolute Gasteiger partial charge is 0.467 e. The Bertz CT molecular complexity index is 923. The summed E-state index contributed by atoms with van der Waals surface area (Å²) in [5.41, 5.74) is 3.37. The van der Waals surface area contributed by atoms with Gasteiger partial charge >= 0.3 is 5.97 Å². The maximum Gasteiger partial charge on any atom is 0.312 e. The molecule has 0 aliphatic carbocycles. The molecule has 0 radical (unpaired) electrons. The van der Waals surface area contributed by atoms with E-state index in [0.717, 1.165) is 21.7 Å². The molecule has 0 N–H and O–H groups in total. The van der Waals surface area contributed by atoms with Crippen LogP contribution in [0.2, 0.25) is 5.02 Å². The maximum absolute atomic E-state index is 12.2. The summed E-state index contributed by atoms with van der Waals surface area (Å²) in [6.07, 6.45) is 0.132. The maximum atomic E-state index is 12.2. The van der Waals surface area contributed by atoms with Gasteiger partial charge in [0.05, 0.1) is 18.7 Å². The van der Waals surface area contributed by atoms with Crippen molar-refractivity contribution in [3.63, 3.8) is 0 Å². The number of fused-ring (bicyclic) bond motifs is 1. The number of esters is 1. The van der Waals surface area contributed by atoms with Crippen LogP contribution in [0.1, 0.15) is 16.8 Å². The lowest BCUT2D eigenvalue weighted by atomic mass is 10.1. The van der Waals surface area contributed by atoms with Crippen LogP contribution in [-0.2, 0) is 33.9 Å². The zero-order valence-electron chi connectivity index (χ0n) is 13.6. The van der Waals surface area contributed by atoms with E-state index >= 15 is 0 Å². The molecule has 0 saturated carbocycles. The topological polar surface area (TPSA) is 57.7 Å². The van der Waals surface area contributed by atoms with Crippen LogP contribution in [0.15, 0.2) is 34.3 Å². The van der Waals surface area contributed by atoms with Crippen molar-refractivity contribution in [2.75, 3.05) is 6.79 Å². The van der Waals surface area contributed by atoms with Crippen LogP contribution in [0.4, 0.5) is 0 Å². The highest BCUT2D eigenvalue weighted by atomic mass is 35.5. The average Bonchev–Trinajstić information content (AvgIpc) is 3.31. The van der Waals surface area contributed by atoms with E-state index in [1.165, 1.54) is 11.3 Å². The van der Waals surface area contributed by atoms with Crippen LogP contribution in [0.3, 0.4) is 0 Å². The number of nitrogens with zero attached hydrogens (tertiary/aromatic N) is 1. The smallest absolute Gasteiger partial charge is 0.312 e. The molecule has 2 aromatic heterocycles. The van der Waals surface area contributed by atoms with Gasteiger partial charge in [0.15, 0.2) is 6.79 Å². The second kappa shape index (κ2) is 7.75. The fourth-order valence-corrected chi connectivity index (χ4v) is 4.42. The van der Waals surface area contributed by atoms with Crippen LogP contribution in [0.25, 0.3) is 10.6 Å². The van der Waals surface area contributed by atoms with E-state index in [-0.39, 0.29) is 25.8 Å².